The second kappa shape index (κ2) is 13.5. The predicted molar refractivity (Wildman–Crippen MR) is 129 cm³/mol. The van der Waals surface area contributed by atoms with Crippen molar-refractivity contribution in [3.63, 3.8) is 0 Å². The Morgan fingerprint density at radius 2 is 2.03 bits per heavy atom. The Morgan fingerprint density at radius 1 is 1.29 bits per heavy atom. The van der Waals surface area contributed by atoms with Crippen molar-refractivity contribution < 1.29 is 28.1 Å². The fourth-order valence-corrected chi connectivity index (χ4v) is 4.83. The first-order valence-electron chi connectivity index (χ1n) is 11.1. The molecule has 2 N–H and O–H groups in total. The van der Waals surface area contributed by atoms with Gasteiger partial charge in [0.05, 0.1) is 25.4 Å². The van der Waals surface area contributed by atoms with Gasteiger partial charge in [0.25, 0.3) is 14.1 Å². The lowest BCUT2D eigenvalue weighted by molar-refractivity contribution is -0.145. The van der Waals surface area contributed by atoms with Crippen LogP contribution in [0.4, 0.5) is 0 Å². The molecule has 2 unspecified atom stereocenters. The minimum absolute atomic E-state index is 0.0673. The standard InChI is InChI=1S/C21H34N3O8PS/c1-14(2)31-18(26)12-22-33(29-10-11-34-19(27)21(3,4)5)30-13-15-6-7-17(32-15)24-9-8-16(25)23-20(24)28/h8-9,14-15,17,22H,6-7,10-13H2,1-5H3,(H,23,25,28)/t15?,17?,33-/m1/s1. The van der Waals surface area contributed by atoms with Crippen molar-refractivity contribution in [1.82, 2.24) is 14.6 Å². The summed E-state index contributed by atoms with van der Waals surface area (Å²) < 4.78 is 24.0. The van der Waals surface area contributed by atoms with E-state index in [-0.39, 0.29) is 37.1 Å². The maximum absolute atomic E-state index is 12.1. The van der Waals surface area contributed by atoms with E-state index in [0.29, 0.717) is 18.6 Å². The van der Waals surface area contributed by atoms with Gasteiger partial charge in [-0.25, -0.2) is 9.88 Å². The molecule has 13 heteroatoms. The lowest BCUT2D eigenvalue weighted by Crippen LogP contribution is -2.31. The number of carbonyl (C=O) groups excluding carboxylic acids is 2. The van der Waals surface area contributed by atoms with E-state index in [9.17, 15) is 19.2 Å². The fraction of sp³-hybridized carbons (Fsp3) is 0.714. The van der Waals surface area contributed by atoms with Gasteiger partial charge in [0.15, 0.2) is 5.12 Å². The molecule has 0 bridgehead atoms. The number of carbonyl (C=O) groups is 2. The highest BCUT2D eigenvalue weighted by Crippen LogP contribution is 2.36. The van der Waals surface area contributed by atoms with Crippen molar-refractivity contribution in [2.45, 2.75) is 65.9 Å². The molecule has 2 heterocycles. The maximum Gasteiger partial charge on any atom is 0.330 e. The molecule has 2 rings (SSSR count). The Kier molecular flexibility index (Phi) is 11.4. The summed E-state index contributed by atoms with van der Waals surface area (Å²) in [4.78, 5) is 49.4. The summed E-state index contributed by atoms with van der Waals surface area (Å²) >= 11 is 1.19. The molecule has 1 aromatic rings. The molecule has 1 saturated heterocycles. The first-order valence-corrected chi connectivity index (χ1v) is 13.2. The highest BCUT2D eigenvalue weighted by molar-refractivity contribution is 8.13. The Labute approximate surface area is 204 Å². The van der Waals surface area contributed by atoms with Gasteiger partial charge in [-0.05, 0) is 26.7 Å². The van der Waals surface area contributed by atoms with Crippen LogP contribution in [0.3, 0.4) is 0 Å². The van der Waals surface area contributed by atoms with Crippen molar-refractivity contribution in [3.8, 4) is 0 Å². The van der Waals surface area contributed by atoms with Gasteiger partial charge in [-0.3, -0.25) is 23.9 Å². The maximum atomic E-state index is 12.1. The normalized spacial score (nSPS) is 19.4. The van der Waals surface area contributed by atoms with E-state index >= 15 is 0 Å². The van der Waals surface area contributed by atoms with Gasteiger partial charge in [-0.2, -0.15) is 0 Å². The van der Waals surface area contributed by atoms with Crippen LogP contribution in [0.1, 0.15) is 53.7 Å². The van der Waals surface area contributed by atoms with Gasteiger partial charge >= 0.3 is 11.7 Å². The van der Waals surface area contributed by atoms with Crippen LogP contribution in [0.15, 0.2) is 21.9 Å². The Morgan fingerprint density at radius 3 is 2.68 bits per heavy atom. The first kappa shape index (κ1) is 28.7. The van der Waals surface area contributed by atoms with Crippen molar-refractivity contribution >= 4 is 31.4 Å². The number of rotatable bonds is 12. The molecule has 1 aromatic heterocycles. The minimum Gasteiger partial charge on any atom is -0.462 e. The first-order chi connectivity index (χ1) is 16.0. The quantitative estimate of drug-likeness (QED) is 0.240. The summed E-state index contributed by atoms with van der Waals surface area (Å²) in [6.45, 7) is 9.45. The summed E-state index contributed by atoms with van der Waals surface area (Å²) in [5, 5.41) is 2.99. The summed E-state index contributed by atoms with van der Waals surface area (Å²) in [7, 11) is -1.64. The number of aromatic amines is 1. The zero-order valence-electron chi connectivity index (χ0n) is 20.2. The molecule has 0 aliphatic carbocycles. The zero-order chi connectivity index (χ0) is 25.3. The summed E-state index contributed by atoms with van der Waals surface area (Å²) in [5.41, 5.74) is -1.43. The molecule has 11 nitrogen and oxygen atoms in total. The number of ether oxygens (including phenoxy) is 2. The van der Waals surface area contributed by atoms with Crippen LogP contribution in [-0.2, 0) is 28.1 Å². The van der Waals surface area contributed by atoms with Crippen molar-refractivity contribution in [2.24, 2.45) is 5.41 Å². The average Bonchev–Trinajstić information content (AvgIpc) is 3.19. The number of hydrogen-bond donors (Lipinski definition) is 2. The van der Waals surface area contributed by atoms with E-state index in [1.165, 1.54) is 28.6 Å². The number of esters is 1. The van der Waals surface area contributed by atoms with E-state index in [4.69, 9.17) is 18.5 Å². The van der Waals surface area contributed by atoms with Crippen LogP contribution >= 0.6 is 20.3 Å². The Balaban J connectivity index is 1.86. The lowest BCUT2D eigenvalue weighted by Gasteiger charge is -2.21. The predicted octanol–water partition coefficient (Wildman–Crippen LogP) is 2.32. The van der Waals surface area contributed by atoms with Crippen LogP contribution < -0.4 is 16.3 Å². The molecular weight excluding hydrogens is 485 g/mol. The van der Waals surface area contributed by atoms with Crippen molar-refractivity contribution in [2.75, 3.05) is 25.5 Å². The third kappa shape index (κ3) is 9.97. The van der Waals surface area contributed by atoms with Gasteiger partial charge < -0.3 is 18.5 Å². The number of H-pyrrole nitrogens is 1. The van der Waals surface area contributed by atoms with Crippen molar-refractivity contribution in [1.29, 1.82) is 0 Å². The SMILES string of the molecule is CC(C)OC(=O)CN[P@](OCCSC(=O)C(C)(C)C)OCC1CCC(n2ccc(=O)[nH]c2=O)O1. The molecule has 0 saturated carbocycles. The molecule has 0 radical (unpaired) electrons. The zero-order valence-corrected chi connectivity index (χ0v) is 21.9. The summed E-state index contributed by atoms with van der Waals surface area (Å²) in [5.74, 6) is 0.0229. The van der Waals surface area contributed by atoms with Gasteiger partial charge in [-0.15, -0.1) is 0 Å². The summed E-state index contributed by atoms with van der Waals surface area (Å²) in [6.07, 6.45) is 1.60. The van der Waals surface area contributed by atoms with Crippen LogP contribution in [0.5, 0.6) is 0 Å². The highest BCUT2D eigenvalue weighted by Gasteiger charge is 2.29. The summed E-state index contributed by atoms with van der Waals surface area (Å²) in [6, 6.07) is 1.27. The molecule has 3 atom stereocenters. The molecular formula is C21H34N3O8PS. The molecule has 192 valence electrons. The van der Waals surface area contributed by atoms with Crippen LogP contribution in [0, 0.1) is 5.41 Å². The number of thioether (sulfide) groups is 1. The van der Waals surface area contributed by atoms with E-state index in [0.717, 1.165) is 0 Å². The lowest BCUT2D eigenvalue weighted by atomic mass is 10.00. The molecule has 1 fully saturated rings. The molecule has 34 heavy (non-hydrogen) atoms. The number of aromatic nitrogens is 2. The van der Waals surface area contributed by atoms with Crippen molar-refractivity contribution in [3.05, 3.63) is 33.1 Å². The highest BCUT2D eigenvalue weighted by atomic mass is 32.2. The molecule has 0 amide bonds. The second-order valence-corrected chi connectivity index (χ2v) is 11.4. The van der Waals surface area contributed by atoms with Gasteiger partial charge in [0.1, 0.15) is 12.8 Å². The number of nitrogens with one attached hydrogen (secondary N) is 2. The minimum atomic E-state index is -1.64. The fourth-order valence-electron chi connectivity index (χ4n) is 2.85. The largest absolute Gasteiger partial charge is 0.462 e. The second-order valence-electron chi connectivity index (χ2n) is 8.95. The van der Waals surface area contributed by atoms with Gasteiger partial charge in [0, 0.05) is 23.4 Å². The topological polar surface area (TPSA) is 138 Å². The third-order valence-electron chi connectivity index (χ3n) is 4.48. The molecule has 1 aliphatic rings. The third-order valence-corrected chi connectivity index (χ3v) is 6.94. The van der Waals surface area contributed by atoms with E-state index in [1.807, 2.05) is 20.8 Å². The van der Waals surface area contributed by atoms with E-state index < -0.39 is 37.4 Å². The average molecular weight is 520 g/mol. The monoisotopic (exact) mass is 519 g/mol. The number of hydrogen-bond acceptors (Lipinski definition) is 10. The smallest absolute Gasteiger partial charge is 0.330 e. The molecule has 0 spiro atoms. The molecule has 1 aliphatic heterocycles. The van der Waals surface area contributed by atoms with Crippen LogP contribution in [-0.4, -0.2) is 58.4 Å². The van der Waals surface area contributed by atoms with Crippen LogP contribution in [0.2, 0.25) is 0 Å². The van der Waals surface area contributed by atoms with Gasteiger partial charge in [-0.1, -0.05) is 32.5 Å². The number of nitrogens with zero attached hydrogens (tertiary/aromatic N) is 1. The molecule has 0 aromatic carbocycles. The Hall–Kier alpha value is -1.56. The van der Waals surface area contributed by atoms with E-state index in [2.05, 4.69) is 10.1 Å². The van der Waals surface area contributed by atoms with Gasteiger partial charge in [0.2, 0.25) is 0 Å². The Bertz CT molecular complexity index is 930. The van der Waals surface area contributed by atoms with E-state index in [1.54, 1.807) is 13.8 Å². The van der Waals surface area contributed by atoms with Crippen LogP contribution in [0.25, 0.3) is 0 Å².